The SMILES string of the molecule is COc1ccc(C2CCCCCC2CC(=O)O)cc1Cl. The van der Waals surface area contributed by atoms with Crippen LogP contribution in [0.4, 0.5) is 0 Å². The second-order valence-corrected chi connectivity index (χ2v) is 5.90. The fourth-order valence-corrected chi connectivity index (χ4v) is 3.47. The van der Waals surface area contributed by atoms with E-state index in [0.29, 0.717) is 10.8 Å². The monoisotopic (exact) mass is 296 g/mol. The highest BCUT2D eigenvalue weighted by atomic mass is 35.5. The fourth-order valence-electron chi connectivity index (χ4n) is 3.21. The number of carboxylic acids is 1. The van der Waals surface area contributed by atoms with Gasteiger partial charge in [0.05, 0.1) is 12.1 Å². The van der Waals surface area contributed by atoms with Crippen LogP contribution in [-0.2, 0) is 4.79 Å². The third kappa shape index (κ3) is 3.66. The smallest absolute Gasteiger partial charge is 0.303 e. The first kappa shape index (κ1) is 15.2. The zero-order chi connectivity index (χ0) is 14.5. The molecule has 2 atom stereocenters. The van der Waals surface area contributed by atoms with E-state index < -0.39 is 5.97 Å². The molecule has 110 valence electrons. The summed E-state index contributed by atoms with van der Waals surface area (Å²) in [7, 11) is 1.60. The Hall–Kier alpha value is -1.22. The molecule has 1 N–H and O–H groups in total. The summed E-state index contributed by atoms with van der Waals surface area (Å²) in [5.41, 5.74) is 1.14. The number of carboxylic acid groups (broad SMARTS) is 1. The standard InChI is InChI=1S/C16H21ClO3/c1-20-15-8-7-12(9-14(15)17)13-6-4-2-3-5-11(13)10-16(18)19/h7-9,11,13H,2-6,10H2,1H3,(H,18,19). The predicted molar refractivity (Wildman–Crippen MR) is 79.6 cm³/mol. The van der Waals surface area contributed by atoms with Crippen LogP contribution < -0.4 is 4.74 Å². The van der Waals surface area contributed by atoms with Crippen molar-refractivity contribution in [3.63, 3.8) is 0 Å². The molecular formula is C16H21ClO3. The first-order chi connectivity index (χ1) is 9.61. The molecule has 0 aliphatic heterocycles. The van der Waals surface area contributed by atoms with Crippen molar-refractivity contribution in [3.05, 3.63) is 28.8 Å². The Morgan fingerprint density at radius 2 is 2.10 bits per heavy atom. The van der Waals surface area contributed by atoms with Crippen molar-refractivity contribution in [2.75, 3.05) is 7.11 Å². The van der Waals surface area contributed by atoms with E-state index in [0.717, 1.165) is 31.2 Å². The number of hydrogen-bond donors (Lipinski definition) is 1. The van der Waals surface area contributed by atoms with Crippen LogP contribution in [0.3, 0.4) is 0 Å². The number of hydrogen-bond acceptors (Lipinski definition) is 2. The Morgan fingerprint density at radius 1 is 1.35 bits per heavy atom. The zero-order valence-corrected chi connectivity index (χ0v) is 12.5. The summed E-state index contributed by atoms with van der Waals surface area (Å²) in [5.74, 6) is 0.455. The van der Waals surface area contributed by atoms with Gasteiger partial charge >= 0.3 is 5.97 Å². The van der Waals surface area contributed by atoms with Gasteiger partial charge in [-0.1, -0.05) is 36.9 Å². The van der Waals surface area contributed by atoms with Gasteiger partial charge in [0.2, 0.25) is 0 Å². The molecule has 20 heavy (non-hydrogen) atoms. The molecule has 1 aliphatic rings. The molecular weight excluding hydrogens is 276 g/mol. The minimum Gasteiger partial charge on any atom is -0.495 e. The van der Waals surface area contributed by atoms with E-state index in [1.54, 1.807) is 7.11 Å². The number of rotatable bonds is 4. The number of halogens is 1. The normalized spacial score (nSPS) is 23.1. The quantitative estimate of drug-likeness (QED) is 0.833. The molecule has 1 aromatic carbocycles. The molecule has 2 rings (SSSR count). The van der Waals surface area contributed by atoms with Crippen LogP contribution >= 0.6 is 11.6 Å². The number of ether oxygens (including phenoxy) is 1. The highest BCUT2D eigenvalue weighted by Crippen LogP contribution is 2.40. The maximum Gasteiger partial charge on any atom is 0.303 e. The van der Waals surface area contributed by atoms with Gasteiger partial charge in [0.25, 0.3) is 0 Å². The van der Waals surface area contributed by atoms with Gasteiger partial charge in [0, 0.05) is 6.42 Å². The predicted octanol–water partition coefficient (Wildman–Crippen LogP) is 4.49. The minimum atomic E-state index is -0.707. The lowest BCUT2D eigenvalue weighted by atomic mass is 9.80. The number of benzene rings is 1. The van der Waals surface area contributed by atoms with Crippen molar-refractivity contribution in [1.29, 1.82) is 0 Å². The average molecular weight is 297 g/mol. The number of aliphatic carboxylic acids is 1. The molecule has 0 heterocycles. The summed E-state index contributed by atoms with van der Waals surface area (Å²) in [6, 6.07) is 5.83. The Bertz CT molecular complexity index is 473. The maximum atomic E-state index is 11.1. The van der Waals surface area contributed by atoms with Crippen molar-refractivity contribution in [2.24, 2.45) is 5.92 Å². The van der Waals surface area contributed by atoms with Crippen LogP contribution in [0.2, 0.25) is 5.02 Å². The molecule has 0 aromatic heterocycles. The second-order valence-electron chi connectivity index (χ2n) is 5.50. The Balaban J connectivity index is 2.25. The molecule has 0 spiro atoms. The molecule has 1 saturated carbocycles. The molecule has 0 radical (unpaired) electrons. The first-order valence-electron chi connectivity index (χ1n) is 7.17. The third-order valence-electron chi connectivity index (χ3n) is 4.20. The topological polar surface area (TPSA) is 46.5 Å². The lowest BCUT2D eigenvalue weighted by molar-refractivity contribution is -0.138. The largest absolute Gasteiger partial charge is 0.495 e. The van der Waals surface area contributed by atoms with Crippen LogP contribution in [-0.4, -0.2) is 18.2 Å². The van der Waals surface area contributed by atoms with Crippen molar-refractivity contribution < 1.29 is 14.6 Å². The Morgan fingerprint density at radius 3 is 2.75 bits per heavy atom. The molecule has 0 saturated heterocycles. The van der Waals surface area contributed by atoms with Crippen molar-refractivity contribution >= 4 is 17.6 Å². The van der Waals surface area contributed by atoms with Gasteiger partial charge in [0.1, 0.15) is 5.75 Å². The van der Waals surface area contributed by atoms with Crippen LogP contribution in [0.1, 0.15) is 50.0 Å². The molecule has 2 unspecified atom stereocenters. The Labute approximate surface area is 124 Å². The number of carbonyl (C=O) groups is 1. The van der Waals surface area contributed by atoms with Crippen molar-refractivity contribution in [1.82, 2.24) is 0 Å². The average Bonchev–Trinajstić information content (AvgIpc) is 2.63. The number of methoxy groups -OCH3 is 1. The van der Waals surface area contributed by atoms with Crippen LogP contribution in [0.5, 0.6) is 5.75 Å². The van der Waals surface area contributed by atoms with Crippen LogP contribution in [0.25, 0.3) is 0 Å². The first-order valence-corrected chi connectivity index (χ1v) is 7.55. The highest BCUT2D eigenvalue weighted by molar-refractivity contribution is 6.32. The van der Waals surface area contributed by atoms with Gasteiger partial charge in [-0.2, -0.15) is 0 Å². The summed E-state index contributed by atoms with van der Waals surface area (Å²) in [6.45, 7) is 0. The van der Waals surface area contributed by atoms with E-state index in [4.69, 9.17) is 21.4 Å². The molecule has 4 heteroatoms. The second kappa shape index (κ2) is 6.98. The van der Waals surface area contributed by atoms with E-state index >= 15 is 0 Å². The van der Waals surface area contributed by atoms with Gasteiger partial charge < -0.3 is 9.84 Å². The summed E-state index contributed by atoms with van der Waals surface area (Å²) < 4.78 is 5.18. The molecule has 0 bridgehead atoms. The van der Waals surface area contributed by atoms with Crippen molar-refractivity contribution in [2.45, 2.75) is 44.4 Å². The summed E-state index contributed by atoms with van der Waals surface area (Å²) in [5, 5.41) is 9.71. The van der Waals surface area contributed by atoms with Gasteiger partial charge in [-0.25, -0.2) is 0 Å². The summed E-state index contributed by atoms with van der Waals surface area (Å²) in [4.78, 5) is 11.1. The summed E-state index contributed by atoms with van der Waals surface area (Å²) >= 11 is 6.20. The van der Waals surface area contributed by atoms with E-state index in [-0.39, 0.29) is 18.3 Å². The van der Waals surface area contributed by atoms with Gasteiger partial charge in [-0.15, -0.1) is 0 Å². The van der Waals surface area contributed by atoms with Crippen LogP contribution in [0, 0.1) is 5.92 Å². The minimum absolute atomic E-state index is 0.208. The van der Waals surface area contributed by atoms with E-state index in [1.807, 2.05) is 18.2 Å². The highest BCUT2D eigenvalue weighted by Gasteiger charge is 2.27. The molecule has 1 fully saturated rings. The van der Waals surface area contributed by atoms with E-state index in [9.17, 15) is 4.79 Å². The molecule has 1 aliphatic carbocycles. The van der Waals surface area contributed by atoms with E-state index in [1.165, 1.54) is 6.42 Å². The lowest BCUT2D eigenvalue weighted by Gasteiger charge is -2.24. The van der Waals surface area contributed by atoms with E-state index in [2.05, 4.69) is 0 Å². The fraction of sp³-hybridized carbons (Fsp3) is 0.562. The maximum absolute atomic E-state index is 11.1. The molecule has 0 amide bonds. The Kier molecular flexibility index (Phi) is 5.30. The lowest BCUT2D eigenvalue weighted by Crippen LogP contribution is -2.16. The van der Waals surface area contributed by atoms with Gasteiger partial charge in [0.15, 0.2) is 0 Å². The third-order valence-corrected chi connectivity index (χ3v) is 4.50. The van der Waals surface area contributed by atoms with Gasteiger partial charge in [-0.05, 0) is 42.4 Å². The molecule has 3 nitrogen and oxygen atoms in total. The van der Waals surface area contributed by atoms with Crippen LogP contribution in [0.15, 0.2) is 18.2 Å². The van der Waals surface area contributed by atoms with Crippen molar-refractivity contribution in [3.8, 4) is 5.75 Å². The zero-order valence-electron chi connectivity index (χ0n) is 11.8. The van der Waals surface area contributed by atoms with Gasteiger partial charge in [-0.3, -0.25) is 4.79 Å². The summed E-state index contributed by atoms with van der Waals surface area (Å²) in [6.07, 6.45) is 5.74. The molecule has 1 aromatic rings.